The summed E-state index contributed by atoms with van der Waals surface area (Å²) in [7, 11) is 0. The molecule has 1 unspecified atom stereocenters. The second-order valence-corrected chi connectivity index (χ2v) is 4.78. The Labute approximate surface area is 77.7 Å². The predicted octanol–water partition coefficient (Wildman–Crippen LogP) is 1.16. The monoisotopic (exact) mass is 185 g/mol. The van der Waals surface area contributed by atoms with E-state index in [4.69, 9.17) is 0 Å². The summed E-state index contributed by atoms with van der Waals surface area (Å²) < 4.78 is 0. The van der Waals surface area contributed by atoms with Crippen molar-refractivity contribution < 1.29 is 4.79 Å². The van der Waals surface area contributed by atoms with E-state index in [0.717, 1.165) is 25.9 Å². The highest BCUT2D eigenvalue weighted by Crippen LogP contribution is 2.23. The van der Waals surface area contributed by atoms with Crippen LogP contribution in [0.25, 0.3) is 0 Å². The summed E-state index contributed by atoms with van der Waals surface area (Å²) >= 11 is 2.02. The first kappa shape index (κ1) is 8.57. The summed E-state index contributed by atoms with van der Waals surface area (Å²) in [5.74, 6) is 2.97. The van der Waals surface area contributed by atoms with Crippen molar-refractivity contribution in [3.8, 4) is 0 Å². The molecule has 2 heterocycles. The minimum Gasteiger partial charge on any atom is -0.298 e. The van der Waals surface area contributed by atoms with E-state index in [9.17, 15) is 4.79 Å². The molecule has 0 saturated carbocycles. The van der Waals surface area contributed by atoms with Crippen LogP contribution in [0.4, 0.5) is 0 Å². The number of piperidine rings is 1. The Balaban J connectivity index is 1.89. The Morgan fingerprint density at radius 3 is 3.08 bits per heavy atom. The number of likely N-dealkylation sites (tertiary alicyclic amines) is 1. The van der Waals surface area contributed by atoms with Gasteiger partial charge in [0, 0.05) is 18.2 Å². The molecule has 68 valence electrons. The van der Waals surface area contributed by atoms with Crippen LogP contribution in [0.15, 0.2) is 0 Å². The van der Waals surface area contributed by atoms with Gasteiger partial charge in [-0.05, 0) is 25.1 Å². The van der Waals surface area contributed by atoms with Crippen LogP contribution >= 0.6 is 11.8 Å². The Kier molecular flexibility index (Phi) is 2.71. The number of carbonyl (C=O) groups is 1. The third kappa shape index (κ3) is 1.83. The molecule has 0 radical (unpaired) electrons. The molecule has 0 aromatic carbocycles. The molecule has 2 nitrogen and oxygen atoms in total. The van der Waals surface area contributed by atoms with Crippen molar-refractivity contribution in [2.75, 3.05) is 24.6 Å². The molecule has 0 spiro atoms. The molecule has 2 aliphatic rings. The summed E-state index contributed by atoms with van der Waals surface area (Å²) in [5.41, 5.74) is 0. The standard InChI is InChI=1S/C9H15NOS/c11-9-2-1-4-10(6-9)8-3-5-12-7-8/h8H,1-7H2. The smallest absolute Gasteiger partial charge is 0.146 e. The zero-order valence-corrected chi connectivity index (χ0v) is 8.11. The van der Waals surface area contributed by atoms with Gasteiger partial charge in [0.2, 0.25) is 0 Å². The van der Waals surface area contributed by atoms with Gasteiger partial charge in [0.25, 0.3) is 0 Å². The van der Waals surface area contributed by atoms with Gasteiger partial charge >= 0.3 is 0 Å². The molecule has 2 aliphatic heterocycles. The Morgan fingerprint density at radius 1 is 1.50 bits per heavy atom. The van der Waals surface area contributed by atoms with Crippen molar-refractivity contribution in [1.82, 2.24) is 4.90 Å². The summed E-state index contributed by atoms with van der Waals surface area (Å²) in [6.07, 6.45) is 3.19. The van der Waals surface area contributed by atoms with Crippen LogP contribution in [0, 0.1) is 0 Å². The van der Waals surface area contributed by atoms with E-state index in [1.165, 1.54) is 17.9 Å². The molecule has 0 bridgehead atoms. The average molecular weight is 185 g/mol. The molecule has 0 amide bonds. The van der Waals surface area contributed by atoms with Crippen LogP contribution in [0.3, 0.4) is 0 Å². The number of rotatable bonds is 1. The van der Waals surface area contributed by atoms with Gasteiger partial charge < -0.3 is 0 Å². The van der Waals surface area contributed by atoms with E-state index in [2.05, 4.69) is 4.90 Å². The van der Waals surface area contributed by atoms with Crippen molar-refractivity contribution >= 4 is 17.5 Å². The first-order valence-corrected chi connectivity index (χ1v) is 5.85. The first-order chi connectivity index (χ1) is 5.86. The van der Waals surface area contributed by atoms with Crippen molar-refractivity contribution in [3.05, 3.63) is 0 Å². The van der Waals surface area contributed by atoms with E-state index in [1.54, 1.807) is 0 Å². The Morgan fingerprint density at radius 2 is 2.42 bits per heavy atom. The van der Waals surface area contributed by atoms with Crippen molar-refractivity contribution in [2.45, 2.75) is 25.3 Å². The number of hydrogen-bond acceptors (Lipinski definition) is 3. The minimum absolute atomic E-state index is 0.443. The fourth-order valence-corrected chi connectivity index (χ4v) is 3.24. The number of carbonyl (C=O) groups excluding carboxylic acids is 1. The van der Waals surface area contributed by atoms with Gasteiger partial charge in [-0.25, -0.2) is 0 Å². The van der Waals surface area contributed by atoms with Crippen LogP contribution < -0.4 is 0 Å². The van der Waals surface area contributed by atoms with E-state index in [-0.39, 0.29) is 0 Å². The van der Waals surface area contributed by atoms with E-state index < -0.39 is 0 Å². The lowest BCUT2D eigenvalue weighted by Gasteiger charge is -2.30. The average Bonchev–Trinajstić information content (AvgIpc) is 2.56. The number of hydrogen-bond donors (Lipinski definition) is 0. The second-order valence-electron chi connectivity index (χ2n) is 3.63. The third-order valence-electron chi connectivity index (χ3n) is 2.70. The molecule has 0 aliphatic carbocycles. The van der Waals surface area contributed by atoms with Crippen molar-refractivity contribution in [3.63, 3.8) is 0 Å². The zero-order valence-electron chi connectivity index (χ0n) is 7.29. The molecular weight excluding hydrogens is 170 g/mol. The van der Waals surface area contributed by atoms with Crippen molar-refractivity contribution in [1.29, 1.82) is 0 Å². The third-order valence-corrected chi connectivity index (χ3v) is 3.85. The lowest BCUT2D eigenvalue weighted by Crippen LogP contribution is -2.42. The molecule has 0 N–H and O–H groups in total. The van der Waals surface area contributed by atoms with Gasteiger partial charge in [-0.1, -0.05) is 0 Å². The highest BCUT2D eigenvalue weighted by molar-refractivity contribution is 7.99. The lowest BCUT2D eigenvalue weighted by atomic mass is 10.1. The fraction of sp³-hybridized carbons (Fsp3) is 0.889. The van der Waals surface area contributed by atoms with Gasteiger partial charge in [-0.2, -0.15) is 11.8 Å². The Bertz CT molecular complexity index is 177. The SMILES string of the molecule is O=C1CCCN(C2CCSC2)C1. The summed E-state index contributed by atoms with van der Waals surface area (Å²) in [4.78, 5) is 13.6. The Hall–Kier alpha value is -0.0200. The maximum absolute atomic E-state index is 11.2. The minimum atomic E-state index is 0.443. The fourth-order valence-electron chi connectivity index (χ4n) is 1.99. The van der Waals surface area contributed by atoms with Gasteiger partial charge in [0.05, 0.1) is 6.54 Å². The highest BCUT2D eigenvalue weighted by Gasteiger charge is 2.26. The zero-order chi connectivity index (χ0) is 8.39. The van der Waals surface area contributed by atoms with Crippen molar-refractivity contribution in [2.24, 2.45) is 0 Å². The molecule has 3 heteroatoms. The molecule has 0 aromatic heterocycles. The molecular formula is C9H15NOS. The summed E-state index contributed by atoms with van der Waals surface area (Å²) in [6.45, 7) is 1.88. The van der Waals surface area contributed by atoms with E-state index in [0.29, 0.717) is 11.8 Å². The molecule has 12 heavy (non-hydrogen) atoms. The van der Waals surface area contributed by atoms with Gasteiger partial charge in [0.1, 0.15) is 5.78 Å². The summed E-state index contributed by atoms with van der Waals surface area (Å²) in [6, 6.07) is 0.708. The molecule has 2 saturated heterocycles. The highest BCUT2D eigenvalue weighted by atomic mass is 32.2. The number of Topliss-reactive ketones (excluding diaryl/α,β-unsaturated/α-hetero) is 1. The van der Waals surface area contributed by atoms with Gasteiger partial charge in [-0.15, -0.1) is 0 Å². The predicted molar refractivity (Wildman–Crippen MR) is 51.5 cm³/mol. The number of thioether (sulfide) groups is 1. The number of nitrogens with zero attached hydrogens (tertiary/aromatic N) is 1. The van der Waals surface area contributed by atoms with Crippen LogP contribution in [-0.4, -0.2) is 41.3 Å². The number of ketones is 1. The quantitative estimate of drug-likeness (QED) is 0.611. The largest absolute Gasteiger partial charge is 0.298 e. The molecule has 2 fully saturated rings. The van der Waals surface area contributed by atoms with E-state index >= 15 is 0 Å². The maximum atomic E-state index is 11.2. The van der Waals surface area contributed by atoms with E-state index in [1.807, 2.05) is 11.8 Å². The maximum Gasteiger partial charge on any atom is 0.146 e. The molecule has 0 aromatic rings. The van der Waals surface area contributed by atoms with Crippen LogP contribution in [0.5, 0.6) is 0 Å². The molecule has 2 rings (SSSR count). The summed E-state index contributed by atoms with van der Waals surface area (Å²) in [5, 5.41) is 0. The second kappa shape index (κ2) is 3.79. The molecule has 1 atom stereocenters. The topological polar surface area (TPSA) is 20.3 Å². The van der Waals surface area contributed by atoms with Gasteiger partial charge in [0.15, 0.2) is 0 Å². The first-order valence-electron chi connectivity index (χ1n) is 4.70. The van der Waals surface area contributed by atoms with Gasteiger partial charge in [-0.3, -0.25) is 9.69 Å². The lowest BCUT2D eigenvalue weighted by molar-refractivity contribution is -0.122. The van der Waals surface area contributed by atoms with Crippen LogP contribution in [-0.2, 0) is 4.79 Å². The normalized spacial score (nSPS) is 32.7. The van der Waals surface area contributed by atoms with Crippen LogP contribution in [0.1, 0.15) is 19.3 Å². The van der Waals surface area contributed by atoms with Crippen LogP contribution in [0.2, 0.25) is 0 Å².